The average Bonchev–Trinajstić information content (AvgIpc) is 3.52. The third-order valence-corrected chi connectivity index (χ3v) is 14.0. The molecule has 9 nitrogen and oxygen atoms in total. The van der Waals surface area contributed by atoms with E-state index in [-0.39, 0.29) is 58.0 Å². The van der Waals surface area contributed by atoms with E-state index in [9.17, 15) is 19.8 Å². The Morgan fingerprint density at radius 2 is 1.71 bits per heavy atom. The Balaban J connectivity index is 1.31. The van der Waals surface area contributed by atoms with Gasteiger partial charge in [-0.3, -0.25) is 9.59 Å². The molecule has 238 valence electrons. The van der Waals surface area contributed by atoms with Gasteiger partial charge in [-0.05, 0) is 105 Å². The van der Waals surface area contributed by atoms with E-state index in [2.05, 4.69) is 27.7 Å². The molecule has 42 heavy (non-hydrogen) atoms. The predicted molar refractivity (Wildman–Crippen MR) is 156 cm³/mol. The second-order valence-corrected chi connectivity index (χ2v) is 16.6. The second-order valence-electron chi connectivity index (χ2n) is 16.6. The highest BCUT2D eigenvalue weighted by Crippen LogP contribution is 2.87. The number of aliphatic hydroxyl groups is 2. The zero-order valence-electron chi connectivity index (χ0n) is 26.7. The monoisotopic (exact) mass is 590 g/mol. The van der Waals surface area contributed by atoms with Crippen LogP contribution in [0.25, 0.3) is 0 Å². The number of ether oxygens (including phenoxy) is 3. The van der Waals surface area contributed by atoms with Gasteiger partial charge in [0.05, 0.1) is 36.0 Å². The van der Waals surface area contributed by atoms with E-state index < -0.39 is 41.5 Å². The Morgan fingerprint density at radius 1 is 1.07 bits per heavy atom. The van der Waals surface area contributed by atoms with Gasteiger partial charge in [-0.15, -0.1) is 0 Å². The fourth-order valence-corrected chi connectivity index (χ4v) is 12.4. The summed E-state index contributed by atoms with van der Waals surface area (Å²) in [6, 6.07) is 0. The molecule has 0 aromatic rings. The van der Waals surface area contributed by atoms with Crippen LogP contribution in [-0.2, 0) is 23.8 Å². The highest BCUT2D eigenvalue weighted by atomic mass is 16.6. The molecular weight excluding hydrogens is 536 g/mol. The van der Waals surface area contributed by atoms with Crippen molar-refractivity contribution in [2.24, 2.45) is 56.8 Å². The van der Waals surface area contributed by atoms with E-state index in [1.54, 1.807) is 13.8 Å². The van der Waals surface area contributed by atoms with Gasteiger partial charge in [0, 0.05) is 12.3 Å². The average molecular weight is 591 g/mol. The minimum atomic E-state index is -1.30. The molecule has 1 heterocycles. The second kappa shape index (κ2) is 9.38. The molecule has 9 heteroatoms. The first kappa shape index (κ1) is 30.8. The van der Waals surface area contributed by atoms with Crippen molar-refractivity contribution in [3.05, 3.63) is 0 Å². The SMILES string of the molecule is CC(=O)OC(C1CC(C)C2C(O1)C(O)C1(N)C3CCC4C(C)(C)C(OC(=O)CN)CCC45CC35CCC21C)C(C)(C)O. The molecule has 0 bridgehead atoms. The lowest BCUT2D eigenvalue weighted by Gasteiger charge is -2.63. The highest BCUT2D eigenvalue weighted by molar-refractivity contribution is 5.71. The van der Waals surface area contributed by atoms with Gasteiger partial charge in [0.2, 0.25) is 0 Å². The molecule has 6 rings (SSSR count). The largest absolute Gasteiger partial charge is 0.461 e. The van der Waals surface area contributed by atoms with Crippen LogP contribution < -0.4 is 11.5 Å². The van der Waals surface area contributed by atoms with Crippen molar-refractivity contribution in [3.63, 3.8) is 0 Å². The lowest BCUT2D eigenvalue weighted by Crippen LogP contribution is -2.70. The highest BCUT2D eigenvalue weighted by Gasteiger charge is 2.85. The maximum atomic E-state index is 12.3. The molecule has 6 N–H and O–H groups in total. The van der Waals surface area contributed by atoms with Crippen molar-refractivity contribution in [1.29, 1.82) is 0 Å². The van der Waals surface area contributed by atoms with Gasteiger partial charge in [-0.25, -0.2) is 0 Å². The van der Waals surface area contributed by atoms with Crippen LogP contribution in [0.2, 0.25) is 0 Å². The van der Waals surface area contributed by atoms with E-state index >= 15 is 0 Å². The summed E-state index contributed by atoms with van der Waals surface area (Å²) in [5, 5.41) is 23.2. The first-order valence-electron chi connectivity index (χ1n) is 16.3. The molecule has 0 aromatic heterocycles. The zero-order valence-corrected chi connectivity index (χ0v) is 26.7. The van der Waals surface area contributed by atoms with Crippen molar-refractivity contribution in [2.45, 2.75) is 141 Å². The van der Waals surface area contributed by atoms with Crippen molar-refractivity contribution in [1.82, 2.24) is 0 Å². The maximum absolute atomic E-state index is 12.3. The van der Waals surface area contributed by atoms with Gasteiger partial charge in [0.1, 0.15) is 6.10 Å². The van der Waals surface area contributed by atoms with Gasteiger partial charge < -0.3 is 35.9 Å². The number of hydrogen-bond donors (Lipinski definition) is 4. The minimum Gasteiger partial charge on any atom is -0.461 e. The van der Waals surface area contributed by atoms with Crippen LogP contribution in [0.3, 0.4) is 0 Å². The molecule has 13 unspecified atom stereocenters. The van der Waals surface area contributed by atoms with Crippen molar-refractivity contribution >= 4 is 11.9 Å². The van der Waals surface area contributed by atoms with E-state index in [4.69, 9.17) is 25.7 Å². The van der Waals surface area contributed by atoms with E-state index in [0.717, 1.165) is 44.9 Å². The molecule has 0 amide bonds. The molecular formula is C33H54N2O7. The number of fused-ring (bicyclic) bond motifs is 4. The number of carbonyl (C=O) groups is 2. The van der Waals surface area contributed by atoms with Crippen LogP contribution in [-0.4, -0.2) is 70.4 Å². The Bertz CT molecular complexity index is 1140. The predicted octanol–water partition coefficient (Wildman–Crippen LogP) is 3.06. The molecule has 1 saturated heterocycles. The van der Waals surface area contributed by atoms with E-state index in [1.807, 2.05) is 0 Å². The van der Waals surface area contributed by atoms with Crippen LogP contribution in [0.5, 0.6) is 0 Å². The van der Waals surface area contributed by atoms with Crippen LogP contribution in [0.1, 0.15) is 99.8 Å². The molecule has 6 fully saturated rings. The fraction of sp³-hybridized carbons (Fsp3) is 0.939. The topological polar surface area (TPSA) is 154 Å². The van der Waals surface area contributed by atoms with Gasteiger partial charge in [0.25, 0.3) is 0 Å². The van der Waals surface area contributed by atoms with Gasteiger partial charge in [0.15, 0.2) is 6.10 Å². The summed E-state index contributed by atoms with van der Waals surface area (Å²) in [6.07, 6.45) is 4.73. The first-order valence-corrected chi connectivity index (χ1v) is 16.3. The Hall–Kier alpha value is -1.26. The molecule has 5 saturated carbocycles. The summed E-state index contributed by atoms with van der Waals surface area (Å²) in [5.41, 5.74) is 10.9. The summed E-state index contributed by atoms with van der Waals surface area (Å²) in [7, 11) is 0. The molecule has 2 spiro atoms. The first-order chi connectivity index (χ1) is 19.4. The van der Waals surface area contributed by atoms with E-state index in [1.165, 1.54) is 6.92 Å². The molecule has 6 aliphatic rings. The lowest BCUT2D eigenvalue weighted by atomic mass is 9.43. The number of aliphatic hydroxyl groups excluding tert-OH is 1. The van der Waals surface area contributed by atoms with Gasteiger partial charge >= 0.3 is 11.9 Å². The van der Waals surface area contributed by atoms with Crippen LogP contribution >= 0.6 is 0 Å². The number of nitrogens with two attached hydrogens (primary N) is 2. The standard InChI is InChI=1S/C33H54N2O7/c1-17-14-19(27(29(5,6)39)40-18(2)36)41-25-24(17)30(7)12-13-32-16-31(32)11-10-22(42-23(37)15-34)28(3,4)20(31)8-9-21(32)33(30,35)26(25)38/h17,19-22,24-27,38-39H,8-16,34-35H2,1-7H3. The number of rotatable bonds is 5. The number of carbonyl (C=O) groups excluding carboxylic acids is 2. The van der Waals surface area contributed by atoms with E-state index in [0.29, 0.717) is 12.3 Å². The molecule has 5 aliphatic carbocycles. The van der Waals surface area contributed by atoms with Gasteiger partial charge in [-0.1, -0.05) is 27.7 Å². The van der Waals surface area contributed by atoms with Crippen LogP contribution in [0.15, 0.2) is 0 Å². The zero-order chi connectivity index (χ0) is 30.8. The Kier molecular flexibility index (Phi) is 6.87. The third-order valence-electron chi connectivity index (χ3n) is 14.0. The molecule has 1 aliphatic heterocycles. The summed E-state index contributed by atoms with van der Waals surface area (Å²) in [4.78, 5) is 24.1. The number of esters is 2. The third kappa shape index (κ3) is 3.78. The smallest absolute Gasteiger partial charge is 0.319 e. The van der Waals surface area contributed by atoms with Gasteiger partial charge in [-0.2, -0.15) is 0 Å². The summed E-state index contributed by atoms with van der Waals surface area (Å²) in [6.45, 7) is 13.6. The quantitative estimate of drug-likeness (QED) is 0.354. The summed E-state index contributed by atoms with van der Waals surface area (Å²) >= 11 is 0. The maximum Gasteiger partial charge on any atom is 0.319 e. The minimum absolute atomic E-state index is 0.0705. The number of hydrogen-bond acceptors (Lipinski definition) is 9. The Labute approximate surface area is 250 Å². The molecule has 0 aromatic carbocycles. The van der Waals surface area contributed by atoms with Crippen molar-refractivity contribution in [3.8, 4) is 0 Å². The fourth-order valence-electron chi connectivity index (χ4n) is 12.4. The Morgan fingerprint density at radius 3 is 2.33 bits per heavy atom. The van der Waals surface area contributed by atoms with Crippen molar-refractivity contribution < 1.29 is 34.0 Å². The van der Waals surface area contributed by atoms with Crippen LogP contribution in [0, 0.1) is 45.3 Å². The summed E-state index contributed by atoms with van der Waals surface area (Å²) < 4.78 is 18.2. The molecule has 0 radical (unpaired) electrons. The summed E-state index contributed by atoms with van der Waals surface area (Å²) in [5.74, 6) is 0.0480. The van der Waals surface area contributed by atoms with Crippen molar-refractivity contribution in [2.75, 3.05) is 6.54 Å². The normalized spacial score (nSPS) is 51.1. The molecule has 13 atom stereocenters. The lowest BCUT2D eigenvalue weighted by molar-refractivity contribution is -0.216. The van der Waals surface area contributed by atoms with Crippen LogP contribution in [0.4, 0.5) is 0 Å².